The maximum atomic E-state index is 5.94. The van der Waals surface area contributed by atoms with Crippen LogP contribution in [0, 0.1) is 5.92 Å². The Morgan fingerprint density at radius 3 is 3.09 bits per heavy atom. The second-order valence-electron chi connectivity index (χ2n) is 6.24. The number of furan rings is 1. The van der Waals surface area contributed by atoms with Crippen LogP contribution < -0.4 is 0 Å². The predicted molar refractivity (Wildman–Crippen MR) is 86.5 cm³/mol. The number of likely N-dealkylation sites (tertiary alicyclic amines) is 1. The van der Waals surface area contributed by atoms with Crippen LogP contribution in [0.5, 0.6) is 0 Å². The fourth-order valence-electron chi connectivity index (χ4n) is 3.36. The lowest BCUT2D eigenvalue weighted by Gasteiger charge is -2.32. The van der Waals surface area contributed by atoms with E-state index in [4.69, 9.17) is 4.42 Å². The van der Waals surface area contributed by atoms with Gasteiger partial charge in [0.05, 0.1) is 12.9 Å². The summed E-state index contributed by atoms with van der Waals surface area (Å²) in [7, 11) is 0. The van der Waals surface area contributed by atoms with E-state index in [1.165, 1.54) is 12.8 Å². The van der Waals surface area contributed by atoms with Crippen molar-refractivity contribution in [1.82, 2.24) is 24.6 Å². The van der Waals surface area contributed by atoms with E-state index >= 15 is 0 Å². The third-order valence-corrected chi connectivity index (χ3v) is 4.44. The fraction of sp³-hybridized carbons (Fsp3) is 0.412. The Bertz CT molecular complexity index is 716. The Hall–Kier alpha value is -2.34. The van der Waals surface area contributed by atoms with E-state index in [0.717, 1.165) is 43.4 Å². The summed E-state index contributed by atoms with van der Waals surface area (Å²) in [6.45, 7) is 4.17. The molecule has 1 saturated heterocycles. The third kappa shape index (κ3) is 3.37. The fourth-order valence-corrected chi connectivity index (χ4v) is 3.36. The predicted octanol–water partition coefficient (Wildman–Crippen LogP) is 2.78. The van der Waals surface area contributed by atoms with E-state index in [0.29, 0.717) is 5.92 Å². The van der Waals surface area contributed by atoms with Crippen LogP contribution in [0.2, 0.25) is 0 Å². The Kier molecular flexibility index (Phi) is 3.98. The van der Waals surface area contributed by atoms with Gasteiger partial charge in [-0.25, -0.2) is 4.98 Å². The summed E-state index contributed by atoms with van der Waals surface area (Å²) in [5, 5.41) is 6.90. The van der Waals surface area contributed by atoms with E-state index in [9.17, 15) is 0 Å². The van der Waals surface area contributed by atoms with E-state index < -0.39 is 0 Å². The molecule has 1 atom stereocenters. The zero-order chi connectivity index (χ0) is 15.5. The molecule has 120 valence electrons. The van der Waals surface area contributed by atoms with E-state index in [2.05, 4.69) is 30.7 Å². The highest BCUT2D eigenvalue weighted by atomic mass is 16.3. The van der Waals surface area contributed by atoms with Crippen molar-refractivity contribution in [3.8, 4) is 11.5 Å². The molecule has 0 amide bonds. The van der Waals surface area contributed by atoms with Gasteiger partial charge >= 0.3 is 0 Å². The van der Waals surface area contributed by atoms with Gasteiger partial charge in [-0.1, -0.05) is 0 Å². The molecule has 1 fully saturated rings. The van der Waals surface area contributed by atoms with Crippen LogP contribution >= 0.6 is 0 Å². The standard InChI is InChI=1S/C17H21N5O/c1-2-14(11-22-9-7-18-13-22)10-21(8-1)12-15-3-4-17(23-15)16-5-6-19-20-16/h3-7,9,13-14H,1-2,8,10-12H2,(H,19,20). The zero-order valence-electron chi connectivity index (χ0n) is 13.1. The third-order valence-electron chi connectivity index (χ3n) is 4.44. The minimum Gasteiger partial charge on any atom is -0.458 e. The molecule has 0 bridgehead atoms. The van der Waals surface area contributed by atoms with Crippen molar-refractivity contribution in [1.29, 1.82) is 0 Å². The van der Waals surface area contributed by atoms with Crippen molar-refractivity contribution in [2.24, 2.45) is 5.92 Å². The highest BCUT2D eigenvalue weighted by Crippen LogP contribution is 2.23. The lowest BCUT2D eigenvalue weighted by Crippen LogP contribution is -2.36. The first-order valence-corrected chi connectivity index (χ1v) is 8.13. The Balaban J connectivity index is 1.37. The first-order valence-electron chi connectivity index (χ1n) is 8.13. The van der Waals surface area contributed by atoms with Crippen LogP contribution in [-0.4, -0.2) is 37.7 Å². The molecule has 3 aromatic rings. The van der Waals surface area contributed by atoms with Gasteiger partial charge in [0.2, 0.25) is 0 Å². The van der Waals surface area contributed by atoms with Crippen molar-refractivity contribution < 1.29 is 4.42 Å². The molecule has 1 unspecified atom stereocenters. The number of nitrogens with one attached hydrogen (secondary N) is 1. The first-order chi connectivity index (χ1) is 11.4. The molecule has 4 heterocycles. The molecule has 1 N–H and O–H groups in total. The number of aromatic amines is 1. The monoisotopic (exact) mass is 311 g/mol. The zero-order valence-corrected chi connectivity index (χ0v) is 13.1. The molecular weight excluding hydrogens is 290 g/mol. The maximum Gasteiger partial charge on any atom is 0.152 e. The van der Waals surface area contributed by atoms with Crippen LogP contribution in [-0.2, 0) is 13.1 Å². The minimum atomic E-state index is 0.681. The summed E-state index contributed by atoms with van der Waals surface area (Å²) in [5.41, 5.74) is 0.924. The van der Waals surface area contributed by atoms with E-state index in [1.807, 2.05) is 30.9 Å². The van der Waals surface area contributed by atoms with Gasteiger partial charge in [0, 0.05) is 31.7 Å². The number of aromatic nitrogens is 4. The molecule has 0 spiro atoms. The summed E-state index contributed by atoms with van der Waals surface area (Å²) in [5.74, 6) is 2.54. The minimum absolute atomic E-state index is 0.681. The van der Waals surface area contributed by atoms with Crippen molar-refractivity contribution >= 4 is 0 Å². The van der Waals surface area contributed by atoms with Gasteiger partial charge in [-0.15, -0.1) is 0 Å². The van der Waals surface area contributed by atoms with Gasteiger partial charge in [0.15, 0.2) is 5.76 Å². The SMILES string of the molecule is c1cn(CC2CCCN(Cc3ccc(-c4ccn[nH]4)o3)C2)cn1. The lowest BCUT2D eigenvalue weighted by atomic mass is 9.98. The Morgan fingerprint density at radius 2 is 2.26 bits per heavy atom. The van der Waals surface area contributed by atoms with Crippen molar-refractivity contribution in [3.05, 3.63) is 48.9 Å². The normalized spacial score (nSPS) is 19.2. The van der Waals surface area contributed by atoms with Gasteiger partial charge in [0.1, 0.15) is 11.5 Å². The van der Waals surface area contributed by atoms with Gasteiger partial charge in [-0.3, -0.25) is 10.00 Å². The number of rotatable bonds is 5. The molecular formula is C17H21N5O. The lowest BCUT2D eigenvalue weighted by molar-refractivity contribution is 0.147. The summed E-state index contributed by atoms with van der Waals surface area (Å²) in [4.78, 5) is 6.61. The molecule has 23 heavy (non-hydrogen) atoms. The van der Waals surface area contributed by atoms with E-state index in [-0.39, 0.29) is 0 Å². The van der Waals surface area contributed by atoms with E-state index in [1.54, 1.807) is 6.20 Å². The molecule has 1 aliphatic rings. The molecule has 1 aliphatic heterocycles. The largest absolute Gasteiger partial charge is 0.458 e. The molecule has 0 aliphatic carbocycles. The quantitative estimate of drug-likeness (QED) is 0.787. The Labute approximate surface area is 135 Å². The second-order valence-corrected chi connectivity index (χ2v) is 6.24. The van der Waals surface area contributed by atoms with Crippen LogP contribution in [0.4, 0.5) is 0 Å². The molecule has 6 nitrogen and oxygen atoms in total. The van der Waals surface area contributed by atoms with Crippen molar-refractivity contribution in [3.63, 3.8) is 0 Å². The van der Waals surface area contributed by atoms with Crippen LogP contribution in [0.1, 0.15) is 18.6 Å². The summed E-state index contributed by atoms with van der Waals surface area (Å²) in [6, 6.07) is 6.00. The average molecular weight is 311 g/mol. The van der Waals surface area contributed by atoms with Gasteiger partial charge in [-0.2, -0.15) is 5.10 Å². The number of hydrogen-bond donors (Lipinski definition) is 1. The molecule has 4 rings (SSSR count). The summed E-state index contributed by atoms with van der Waals surface area (Å²) in [6.07, 6.45) is 10.1. The molecule has 3 aromatic heterocycles. The van der Waals surface area contributed by atoms with Gasteiger partial charge < -0.3 is 8.98 Å². The molecule has 0 radical (unpaired) electrons. The highest BCUT2D eigenvalue weighted by molar-refractivity contribution is 5.51. The smallest absolute Gasteiger partial charge is 0.152 e. The van der Waals surface area contributed by atoms with Crippen molar-refractivity contribution in [2.45, 2.75) is 25.9 Å². The number of nitrogens with zero attached hydrogens (tertiary/aromatic N) is 4. The molecule has 0 aromatic carbocycles. The van der Waals surface area contributed by atoms with Gasteiger partial charge in [0.25, 0.3) is 0 Å². The summed E-state index contributed by atoms with van der Waals surface area (Å²) < 4.78 is 8.12. The topological polar surface area (TPSA) is 62.9 Å². The van der Waals surface area contributed by atoms with Gasteiger partial charge in [-0.05, 0) is 43.5 Å². The number of hydrogen-bond acceptors (Lipinski definition) is 4. The summed E-state index contributed by atoms with van der Waals surface area (Å²) >= 11 is 0. The van der Waals surface area contributed by atoms with Crippen LogP contribution in [0.3, 0.4) is 0 Å². The van der Waals surface area contributed by atoms with Crippen LogP contribution in [0.15, 0.2) is 47.5 Å². The van der Waals surface area contributed by atoms with Crippen molar-refractivity contribution in [2.75, 3.05) is 13.1 Å². The number of piperidine rings is 1. The number of imidazole rings is 1. The first kappa shape index (κ1) is 14.3. The van der Waals surface area contributed by atoms with Crippen LogP contribution in [0.25, 0.3) is 11.5 Å². The second kappa shape index (κ2) is 6.42. The number of H-pyrrole nitrogens is 1. The molecule has 6 heteroatoms. The maximum absolute atomic E-state index is 5.94. The average Bonchev–Trinajstić information content (AvgIpc) is 3.30. The highest BCUT2D eigenvalue weighted by Gasteiger charge is 2.21. The Morgan fingerprint density at radius 1 is 1.26 bits per heavy atom. The molecule has 0 saturated carbocycles.